The highest BCUT2D eigenvalue weighted by Gasteiger charge is 2.53. The first-order valence-electron chi connectivity index (χ1n) is 53.0. The average Bonchev–Trinajstić information content (AvgIpc) is 1.50. The summed E-state index contributed by atoms with van der Waals surface area (Å²) >= 11 is 0. The molecule has 0 unspecified atom stereocenters. The molecule has 22 rings (SSSR count). The highest BCUT2D eigenvalue weighted by molar-refractivity contribution is 7.00. The molecular formula is C137H141BN4. The summed E-state index contributed by atoms with van der Waals surface area (Å²) < 4.78 is 5.24. The Bertz CT molecular complexity index is 7710. The quantitative estimate of drug-likeness (QED) is 0.0559. The maximum absolute atomic E-state index is 2.85. The van der Waals surface area contributed by atoms with Crippen LogP contribution in [-0.4, -0.2) is 28.9 Å². The van der Waals surface area contributed by atoms with Crippen LogP contribution in [0.2, 0.25) is 0 Å². The Kier molecular flexibility index (Phi) is 23.2. The standard InChI is InChI=1S/C137H141BN4/c1-130(2,3)93-64-56-89(57-65-93)109-78-97(134(13,14)15)79-110(90-58-66-94(67-59-90)131(4,5)6)101(109)41-25-22-23-39-75-140-126-84-100(142-123-54-38-32-48-108(123)114-85-113-105-45-29-35-51-117(105)137(118(113)86-124(114)142)115-49-33-27-43-103(115)104-44-28-34-50-116(104)137)72-74-120(126)138-119-73-55-88(87-141-121-52-36-30-46-106(121)107-47-31-37-53-122(107)141)77-125(119)139(127-82-99(136(19,20)21)83-128(140)129(127)138)76-40-24-26-42-102-111(91-60-68-95(69-61-91)132(7,8)9)80-98(135(16,17)18)81-112(102)92-62-70-96(71-63-92)133(10,11)12/h27-38,43-74,77-86H,22-26,39-42,75-76,87H2,1-21H3. The molecule has 0 saturated carbocycles. The highest BCUT2D eigenvalue weighted by atomic mass is 15.2. The topological polar surface area (TPSA) is 16.3 Å². The fraction of sp³-hybridized carbons (Fsp3) is 0.299. The van der Waals surface area contributed by atoms with Gasteiger partial charge in [-0.2, -0.15) is 0 Å². The number of rotatable bonds is 20. The molecule has 0 N–H and O–H groups in total. The molecule has 16 aromatic carbocycles. The monoisotopic (exact) mass is 1850 g/mol. The fourth-order valence-electron chi connectivity index (χ4n) is 24.6. The third kappa shape index (κ3) is 16.4. The van der Waals surface area contributed by atoms with Crippen molar-refractivity contribution in [3.63, 3.8) is 0 Å². The molecule has 0 fully saturated rings. The van der Waals surface area contributed by atoms with Crippen molar-refractivity contribution >= 4 is 89.5 Å². The van der Waals surface area contributed by atoms with Crippen molar-refractivity contribution in [2.45, 2.75) is 253 Å². The van der Waals surface area contributed by atoms with Gasteiger partial charge >= 0.3 is 0 Å². The summed E-state index contributed by atoms with van der Waals surface area (Å²) in [4.78, 5) is 5.69. The number of para-hydroxylation sites is 3. The van der Waals surface area contributed by atoms with Gasteiger partial charge < -0.3 is 18.9 Å². The van der Waals surface area contributed by atoms with Gasteiger partial charge in [0, 0.05) is 80.6 Å². The molecule has 712 valence electrons. The maximum atomic E-state index is 2.85. The smallest absolute Gasteiger partial charge is 0.252 e. The highest BCUT2D eigenvalue weighted by Crippen LogP contribution is 2.64. The van der Waals surface area contributed by atoms with Gasteiger partial charge in [-0.05, 0) is 298 Å². The molecule has 4 aliphatic rings. The third-order valence-corrected chi connectivity index (χ3v) is 32.6. The van der Waals surface area contributed by atoms with Gasteiger partial charge in [0.15, 0.2) is 0 Å². The van der Waals surface area contributed by atoms with E-state index >= 15 is 0 Å². The van der Waals surface area contributed by atoms with Crippen molar-refractivity contribution in [3.8, 4) is 72.4 Å². The molecule has 0 radical (unpaired) electrons. The molecule has 0 saturated heterocycles. The first-order valence-corrected chi connectivity index (χ1v) is 53.0. The van der Waals surface area contributed by atoms with E-state index in [0.29, 0.717) is 0 Å². The lowest BCUT2D eigenvalue weighted by atomic mass is 9.33. The van der Waals surface area contributed by atoms with Gasteiger partial charge in [-0.15, -0.1) is 0 Å². The summed E-state index contributed by atoms with van der Waals surface area (Å²) in [5.74, 6) is 0. The van der Waals surface area contributed by atoms with E-state index in [2.05, 4.69) is 492 Å². The van der Waals surface area contributed by atoms with Gasteiger partial charge in [-0.1, -0.05) is 432 Å². The second-order valence-electron chi connectivity index (χ2n) is 49.2. The van der Waals surface area contributed by atoms with E-state index in [9.17, 15) is 0 Å². The lowest BCUT2D eigenvalue weighted by Gasteiger charge is -2.45. The van der Waals surface area contributed by atoms with Crippen molar-refractivity contribution in [3.05, 3.63) is 405 Å². The summed E-state index contributed by atoms with van der Waals surface area (Å²) in [7, 11) is 0. The molecule has 2 aliphatic heterocycles. The van der Waals surface area contributed by atoms with E-state index in [4.69, 9.17) is 0 Å². The van der Waals surface area contributed by atoms with Crippen LogP contribution in [0.25, 0.3) is 116 Å². The van der Waals surface area contributed by atoms with E-state index in [1.807, 2.05) is 0 Å². The van der Waals surface area contributed by atoms with Gasteiger partial charge in [0.25, 0.3) is 6.71 Å². The summed E-state index contributed by atoms with van der Waals surface area (Å²) in [6, 6.07) is 130. The van der Waals surface area contributed by atoms with E-state index < -0.39 is 5.41 Å². The molecule has 2 aliphatic carbocycles. The predicted molar refractivity (Wildman–Crippen MR) is 612 cm³/mol. The van der Waals surface area contributed by atoms with E-state index in [0.717, 1.165) is 77.4 Å². The van der Waals surface area contributed by atoms with Crippen molar-refractivity contribution in [2.24, 2.45) is 0 Å². The third-order valence-electron chi connectivity index (χ3n) is 32.6. The van der Waals surface area contributed by atoms with Gasteiger partial charge in [0.1, 0.15) is 0 Å². The lowest BCUT2D eigenvalue weighted by Crippen LogP contribution is -2.62. The number of nitrogens with zero attached hydrogens (tertiary/aromatic N) is 4. The van der Waals surface area contributed by atoms with E-state index in [1.54, 1.807) is 0 Å². The maximum Gasteiger partial charge on any atom is 0.252 e. The minimum absolute atomic E-state index is 0.0369. The molecule has 0 bridgehead atoms. The number of fused-ring (bicyclic) bond motifs is 20. The first kappa shape index (κ1) is 93.7. The number of aromatic nitrogens is 2. The Morgan fingerprint density at radius 3 is 0.986 bits per heavy atom. The molecule has 2 aromatic heterocycles. The SMILES string of the molecule is CC(C)(C)c1ccc(-c2cc(C(C)(C)C)cc(-c3ccc(C(C)(C)C)cc3)c2CCCCCCN2c3cc(-n4c5ccccc5c5cc6c(cc54)C4(c5ccccc5-c5ccccc54)c4ccccc4-6)ccc3B3c4ccc(Cn5c6ccccc6c6ccccc65)cc4N(CCCCCc4c(-c5ccc(C(C)(C)C)cc5)cc(C(C)(C)C)cc4-c4ccc(C(C)(C)C)cc4)c4cc(C(C)(C)C)cc2c43)cc1. The lowest BCUT2D eigenvalue weighted by molar-refractivity contribution is 0.589. The average molecular weight is 1850 g/mol. The van der Waals surface area contributed by atoms with Crippen LogP contribution in [0.5, 0.6) is 0 Å². The first-order chi connectivity index (χ1) is 67.9. The Labute approximate surface area is 846 Å². The van der Waals surface area contributed by atoms with Crippen LogP contribution in [0, 0.1) is 0 Å². The Morgan fingerprint density at radius 2 is 0.577 bits per heavy atom. The van der Waals surface area contributed by atoms with Crippen LogP contribution in [0.3, 0.4) is 0 Å². The molecule has 4 nitrogen and oxygen atoms in total. The van der Waals surface area contributed by atoms with Crippen LogP contribution < -0.4 is 26.2 Å². The summed E-state index contributed by atoms with van der Waals surface area (Å²) in [5, 5.41) is 5.12. The van der Waals surface area contributed by atoms with Crippen LogP contribution in [0.15, 0.2) is 328 Å². The molecule has 142 heavy (non-hydrogen) atoms. The van der Waals surface area contributed by atoms with Crippen LogP contribution in [0.1, 0.15) is 268 Å². The number of benzene rings is 16. The fourth-order valence-corrected chi connectivity index (χ4v) is 24.6. The second-order valence-corrected chi connectivity index (χ2v) is 49.2. The summed E-state index contributed by atoms with van der Waals surface area (Å²) in [6.07, 6.45) is 9.31. The molecule has 0 amide bonds. The number of hydrogen-bond acceptors (Lipinski definition) is 2. The normalized spacial score (nSPS) is 13.9. The van der Waals surface area contributed by atoms with Gasteiger partial charge in [-0.3, -0.25) is 0 Å². The van der Waals surface area contributed by atoms with Crippen LogP contribution in [-0.2, 0) is 62.7 Å². The van der Waals surface area contributed by atoms with Crippen molar-refractivity contribution in [1.29, 1.82) is 0 Å². The zero-order valence-corrected chi connectivity index (χ0v) is 88.0. The molecular weight excluding hydrogens is 1710 g/mol. The van der Waals surface area contributed by atoms with Crippen LogP contribution in [0.4, 0.5) is 22.7 Å². The minimum atomic E-state index is -0.510. The molecule has 0 atom stereocenters. The number of hydrogen-bond donors (Lipinski definition) is 0. The Balaban J connectivity index is 0.691. The summed E-state index contributed by atoms with van der Waals surface area (Å²) in [6.45, 7) is 52.1. The van der Waals surface area contributed by atoms with E-state index in [1.165, 1.54) is 233 Å². The molecule has 18 aromatic rings. The van der Waals surface area contributed by atoms with Crippen molar-refractivity contribution in [1.82, 2.24) is 9.13 Å². The van der Waals surface area contributed by atoms with Gasteiger partial charge in [-0.25, -0.2) is 0 Å². The molecule has 5 heteroatoms. The minimum Gasteiger partial charge on any atom is -0.342 e. The number of unbranched alkanes of at least 4 members (excludes halogenated alkanes) is 5. The second kappa shape index (κ2) is 35.1. The van der Waals surface area contributed by atoms with Crippen molar-refractivity contribution in [2.75, 3.05) is 22.9 Å². The number of anilines is 4. The molecule has 4 heterocycles. The zero-order valence-electron chi connectivity index (χ0n) is 88.0. The molecule has 1 spiro atoms. The van der Waals surface area contributed by atoms with E-state index in [-0.39, 0.29) is 44.6 Å². The Morgan fingerprint density at radius 1 is 0.239 bits per heavy atom. The van der Waals surface area contributed by atoms with Crippen LogP contribution >= 0.6 is 0 Å². The van der Waals surface area contributed by atoms with Gasteiger partial charge in [0.05, 0.1) is 16.4 Å². The summed E-state index contributed by atoms with van der Waals surface area (Å²) in [5.41, 5.74) is 50.0. The van der Waals surface area contributed by atoms with Crippen molar-refractivity contribution < 1.29 is 0 Å². The van der Waals surface area contributed by atoms with Gasteiger partial charge in [0.2, 0.25) is 0 Å². The predicted octanol–water partition coefficient (Wildman–Crippen LogP) is 34.7. The Hall–Kier alpha value is -13.2. The largest absolute Gasteiger partial charge is 0.342 e. The zero-order chi connectivity index (χ0) is 98.8.